The SMILES string of the molecule is CN1CN(C2CCCCC2C2CO2)N=N1. The molecule has 2 fully saturated rings. The van der Waals surface area contributed by atoms with Gasteiger partial charge in [0, 0.05) is 13.0 Å². The fourth-order valence-corrected chi connectivity index (χ4v) is 2.80. The van der Waals surface area contributed by atoms with Crippen LogP contribution in [0.25, 0.3) is 0 Å². The lowest BCUT2D eigenvalue weighted by molar-refractivity contribution is 0.0794. The summed E-state index contributed by atoms with van der Waals surface area (Å²) >= 11 is 0. The van der Waals surface area contributed by atoms with Crippen LogP contribution >= 0.6 is 0 Å². The third kappa shape index (κ3) is 1.80. The average Bonchev–Trinajstić information content (AvgIpc) is 3.02. The van der Waals surface area contributed by atoms with Gasteiger partial charge in [-0.05, 0) is 12.8 Å². The van der Waals surface area contributed by atoms with Crippen LogP contribution in [0.15, 0.2) is 10.4 Å². The van der Waals surface area contributed by atoms with E-state index in [4.69, 9.17) is 4.74 Å². The Morgan fingerprint density at radius 3 is 2.67 bits per heavy atom. The van der Waals surface area contributed by atoms with Gasteiger partial charge in [-0.1, -0.05) is 23.3 Å². The minimum Gasteiger partial charge on any atom is -0.373 e. The molecule has 5 heteroatoms. The van der Waals surface area contributed by atoms with Crippen LogP contribution < -0.4 is 0 Å². The monoisotopic (exact) mass is 210 g/mol. The van der Waals surface area contributed by atoms with Crippen LogP contribution in [0.2, 0.25) is 0 Å². The van der Waals surface area contributed by atoms with Gasteiger partial charge in [0.1, 0.15) is 6.67 Å². The van der Waals surface area contributed by atoms with Crippen molar-refractivity contribution in [1.82, 2.24) is 10.0 Å². The largest absolute Gasteiger partial charge is 0.373 e. The van der Waals surface area contributed by atoms with Gasteiger partial charge in [0.2, 0.25) is 0 Å². The van der Waals surface area contributed by atoms with E-state index in [0.717, 1.165) is 13.3 Å². The maximum atomic E-state index is 5.45. The molecule has 0 bridgehead atoms. The zero-order chi connectivity index (χ0) is 10.3. The highest BCUT2D eigenvalue weighted by Crippen LogP contribution is 2.37. The average molecular weight is 210 g/mol. The molecule has 0 aromatic heterocycles. The molecule has 1 saturated carbocycles. The van der Waals surface area contributed by atoms with E-state index < -0.39 is 0 Å². The molecule has 2 aliphatic heterocycles. The van der Waals surface area contributed by atoms with Crippen molar-refractivity contribution in [3.8, 4) is 0 Å². The third-order valence-corrected chi connectivity index (χ3v) is 3.66. The van der Waals surface area contributed by atoms with Crippen molar-refractivity contribution in [3.05, 3.63) is 0 Å². The summed E-state index contributed by atoms with van der Waals surface area (Å²) in [6.45, 7) is 1.80. The van der Waals surface area contributed by atoms with Crippen molar-refractivity contribution in [3.63, 3.8) is 0 Å². The molecule has 3 unspecified atom stereocenters. The predicted octanol–water partition coefficient (Wildman–Crippen LogP) is 1.43. The van der Waals surface area contributed by atoms with Gasteiger partial charge in [-0.3, -0.25) is 10.0 Å². The Bertz CT molecular complexity index is 266. The second kappa shape index (κ2) is 3.63. The van der Waals surface area contributed by atoms with Gasteiger partial charge < -0.3 is 4.74 Å². The first-order chi connectivity index (χ1) is 7.34. The fourth-order valence-electron chi connectivity index (χ4n) is 2.80. The molecule has 0 amide bonds. The first kappa shape index (κ1) is 9.39. The lowest BCUT2D eigenvalue weighted by atomic mass is 9.82. The molecule has 15 heavy (non-hydrogen) atoms. The summed E-state index contributed by atoms with van der Waals surface area (Å²) in [5.74, 6) is 0.684. The molecule has 1 saturated heterocycles. The molecule has 0 aromatic carbocycles. The zero-order valence-corrected chi connectivity index (χ0v) is 9.17. The van der Waals surface area contributed by atoms with E-state index in [2.05, 4.69) is 15.5 Å². The van der Waals surface area contributed by atoms with Gasteiger partial charge in [0.25, 0.3) is 0 Å². The first-order valence-electron chi connectivity index (χ1n) is 5.85. The molecular formula is C10H18N4O. The highest BCUT2D eigenvalue weighted by molar-refractivity contribution is 4.91. The van der Waals surface area contributed by atoms with Crippen molar-refractivity contribution < 1.29 is 4.74 Å². The Labute approximate surface area is 90.0 Å². The number of hydrogen-bond acceptors (Lipinski definition) is 5. The summed E-state index contributed by atoms with van der Waals surface area (Å²) in [6.07, 6.45) is 5.73. The van der Waals surface area contributed by atoms with Crippen LogP contribution in [0.3, 0.4) is 0 Å². The van der Waals surface area contributed by atoms with E-state index in [9.17, 15) is 0 Å². The summed E-state index contributed by atoms with van der Waals surface area (Å²) < 4.78 is 5.45. The van der Waals surface area contributed by atoms with E-state index in [1.165, 1.54) is 25.7 Å². The molecule has 3 aliphatic rings. The highest BCUT2D eigenvalue weighted by Gasteiger charge is 2.42. The molecule has 1 aliphatic carbocycles. The van der Waals surface area contributed by atoms with E-state index >= 15 is 0 Å². The lowest BCUT2D eigenvalue weighted by Crippen LogP contribution is -2.42. The second-order valence-corrected chi connectivity index (χ2v) is 4.80. The smallest absolute Gasteiger partial charge is 0.126 e. The minimum absolute atomic E-state index is 0.511. The lowest BCUT2D eigenvalue weighted by Gasteiger charge is -2.35. The summed E-state index contributed by atoms with van der Waals surface area (Å²) in [5, 5.41) is 12.3. The Kier molecular flexibility index (Phi) is 2.27. The topological polar surface area (TPSA) is 43.7 Å². The number of epoxide rings is 1. The van der Waals surface area contributed by atoms with Crippen molar-refractivity contribution in [1.29, 1.82) is 0 Å². The van der Waals surface area contributed by atoms with Crippen molar-refractivity contribution >= 4 is 0 Å². The maximum Gasteiger partial charge on any atom is 0.126 e. The number of rotatable bonds is 2. The van der Waals surface area contributed by atoms with Gasteiger partial charge >= 0.3 is 0 Å². The summed E-state index contributed by atoms with van der Waals surface area (Å²) in [4.78, 5) is 0. The fraction of sp³-hybridized carbons (Fsp3) is 1.00. The molecule has 84 valence electrons. The number of hydrogen-bond donors (Lipinski definition) is 0. The summed E-state index contributed by atoms with van der Waals surface area (Å²) in [6, 6.07) is 0.556. The Morgan fingerprint density at radius 1 is 1.20 bits per heavy atom. The van der Waals surface area contributed by atoms with E-state index in [0.29, 0.717) is 18.1 Å². The Hall–Kier alpha value is -0.840. The molecule has 0 radical (unpaired) electrons. The van der Waals surface area contributed by atoms with Gasteiger partial charge in [0.05, 0.1) is 18.8 Å². The van der Waals surface area contributed by atoms with Crippen LogP contribution in [0.4, 0.5) is 0 Å². The normalized spacial score (nSPS) is 39.9. The first-order valence-corrected chi connectivity index (χ1v) is 5.85. The molecule has 0 aromatic rings. The van der Waals surface area contributed by atoms with Crippen molar-refractivity contribution in [2.24, 2.45) is 16.4 Å². The summed E-state index contributed by atoms with van der Waals surface area (Å²) in [5.41, 5.74) is 0. The van der Waals surface area contributed by atoms with Gasteiger partial charge in [-0.25, -0.2) is 0 Å². The van der Waals surface area contributed by atoms with E-state index in [-0.39, 0.29) is 0 Å². The molecule has 3 rings (SSSR count). The van der Waals surface area contributed by atoms with E-state index in [1.807, 2.05) is 12.1 Å². The van der Waals surface area contributed by atoms with Crippen LogP contribution in [0.5, 0.6) is 0 Å². The van der Waals surface area contributed by atoms with Crippen molar-refractivity contribution in [2.75, 3.05) is 20.3 Å². The summed E-state index contributed by atoms with van der Waals surface area (Å²) in [7, 11) is 1.97. The molecule has 0 spiro atoms. The number of ether oxygens (including phenoxy) is 1. The van der Waals surface area contributed by atoms with Crippen LogP contribution in [-0.2, 0) is 4.74 Å². The molecular weight excluding hydrogens is 192 g/mol. The second-order valence-electron chi connectivity index (χ2n) is 4.80. The molecule has 0 N–H and O–H groups in total. The van der Waals surface area contributed by atoms with Crippen LogP contribution in [-0.4, -0.2) is 42.5 Å². The predicted molar refractivity (Wildman–Crippen MR) is 54.8 cm³/mol. The van der Waals surface area contributed by atoms with Crippen molar-refractivity contribution in [2.45, 2.75) is 37.8 Å². The quantitative estimate of drug-likeness (QED) is 0.648. The van der Waals surface area contributed by atoms with Crippen LogP contribution in [0.1, 0.15) is 25.7 Å². The number of nitrogens with zero attached hydrogens (tertiary/aromatic N) is 4. The molecule has 3 atom stereocenters. The third-order valence-electron chi connectivity index (χ3n) is 3.66. The maximum absolute atomic E-state index is 5.45. The van der Waals surface area contributed by atoms with Gasteiger partial charge in [0.15, 0.2) is 0 Å². The zero-order valence-electron chi connectivity index (χ0n) is 9.17. The van der Waals surface area contributed by atoms with E-state index in [1.54, 1.807) is 0 Å². The molecule has 2 heterocycles. The van der Waals surface area contributed by atoms with Crippen LogP contribution in [0, 0.1) is 5.92 Å². The van der Waals surface area contributed by atoms with Gasteiger partial charge in [-0.15, -0.1) is 0 Å². The van der Waals surface area contributed by atoms with Gasteiger partial charge in [-0.2, -0.15) is 0 Å². The Morgan fingerprint density at radius 2 is 2.00 bits per heavy atom. The highest BCUT2D eigenvalue weighted by atomic mass is 16.6. The Balaban J connectivity index is 1.68. The molecule has 5 nitrogen and oxygen atoms in total. The standard InChI is InChI=1S/C10H18N4O/c1-13-7-14(12-11-13)9-5-3-2-4-8(9)10-6-15-10/h8-10H,2-7H2,1H3. The minimum atomic E-state index is 0.511.